The van der Waals surface area contributed by atoms with Gasteiger partial charge in [0.25, 0.3) is 0 Å². The van der Waals surface area contributed by atoms with Gasteiger partial charge in [-0.05, 0) is 25.7 Å². The van der Waals surface area contributed by atoms with Crippen molar-refractivity contribution in [2.75, 3.05) is 6.54 Å². The molecule has 3 heteroatoms. The first-order valence-electron chi connectivity index (χ1n) is 7.91. The van der Waals surface area contributed by atoms with E-state index in [9.17, 15) is 4.79 Å². The Kier molecular flexibility index (Phi) is 5.44. The molecule has 2 rings (SSSR count). The highest BCUT2D eigenvalue weighted by molar-refractivity contribution is 5.80. The summed E-state index contributed by atoms with van der Waals surface area (Å²) in [5.74, 6) is 0.337. The topological polar surface area (TPSA) is 46.3 Å². The summed E-state index contributed by atoms with van der Waals surface area (Å²) in [4.78, 5) is 14.9. The van der Waals surface area contributed by atoms with Crippen LogP contribution in [0.2, 0.25) is 0 Å². The number of hydrogen-bond acceptors (Lipinski definition) is 2. The molecule has 0 heterocycles. The van der Waals surface area contributed by atoms with Gasteiger partial charge in [-0.1, -0.05) is 38.2 Å². The molecule has 1 amide bonds. The number of rotatable bonds is 4. The summed E-state index contributed by atoms with van der Waals surface area (Å²) in [6, 6.07) is 0.490. The first-order chi connectivity index (χ1) is 9.24. The number of carbonyl (C=O) groups excluding carboxylic acids is 1. The third-order valence-corrected chi connectivity index (χ3v) is 4.76. The van der Waals surface area contributed by atoms with Gasteiger partial charge in [0.05, 0.1) is 5.92 Å². The minimum Gasteiger partial charge on any atom is -0.336 e. The molecular formula is C16H28N2O. The maximum absolute atomic E-state index is 12.8. The fourth-order valence-electron chi connectivity index (χ4n) is 3.63. The van der Waals surface area contributed by atoms with Crippen molar-refractivity contribution in [2.24, 2.45) is 11.7 Å². The summed E-state index contributed by atoms with van der Waals surface area (Å²) in [7, 11) is 0. The fourth-order valence-corrected chi connectivity index (χ4v) is 3.63. The Bertz CT molecular complexity index is 310. The number of hydrogen-bond donors (Lipinski definition) is 1. The summed E-state index contributed by atoms with van der Waals surface area (Å²) in [5, 5.41) is 0. The smallest absolute Gasteiger partial charge is 0.227 e. The summed E-state index contributed by atoms with van der Waals surface area (Å²) < 4.78 is 0. The highest BCUT2D eigenvalue weighted by Gasteiger charge is 2.34. The van der Waals surface area contributed by atoms with E-state index in [4.69, 9.17) is 5.73 Å². The lowest BCUT2D eigenvalue weighted by Crippen LogP contribution is -2.47. The van der Waals surface area contributed by atoms with Crippen molar-refractivity contribution in [2.45, 2.75) is 69.9 Å². The van der Waals surface area contributed by atoms with Crippen LogP contribution < -0.4 is 5.73 Å². The second kappa shape index (κ2) is 7.09. The van der Waals surface area contributed by atoms with Crippen molar-refractivity contribution in [1.82, 2.24) is 4.90 Å². The number of nitrogens with zero attached hydrogens (tertiary/aromatic N) is 1. The van der Waals surface area contributed by atoms with Crippen molar-refractivity contribution in [3.8, 4) is 0 Å². The Hall–Kier alpha value is -0.830. The van der Waals surface area contributed by atoms with Gasteiger partial charge >= 0.3 is 0 Å². The average molecular weight is 264 g/mol. The first kappa shape index (κ1) is 14.6. The molecule has 0 aromatic heterocycles. The summed E-state index contributed by atoms with van der Waals surface area (Å²) in [5.41, 5.74) is 6.24. The van der Waals surface area contributed by atoms with E-state index in [1.165, 1.54) is 25.7 Å². The normalized spacial score (nSPS) is 28.9. The van der Waals surface area contributed by atoms with Gasteiger partial charge in [-0.3, -0.25) is 4.79 Å². The van der Waals surface area contributed by atoms with E-state index in [-0.39, 0.29) is 12.0 Å². The van der Waals surface area contributed by atoms with Gasteiger partial charge in [0.1, 0.15) is 0 Å². The molecule has 2 aliphatic carbocycles. The Morgan fingerprint density at radius 2 is 1.74 bits per heavy atom. The molecule has 0 radical (unpaired) electrons. The molecule has 3 nitrogen and oxygen atoms in total. The van der Waals surface area contributed by atoms with Gasteiger partial charge < -0.3 is 10.6 Å². The van der Waals surface area contributed by atoms with E-state index in [2.05, 4.69) is 11.5 Å². The van der Waals surface area contributed by atoms with Crippen LogP contribution in [-0.4, -0.2) is 29.4 Å². The SMILES string of the molecule is C=CCN(C(=O)C1CCCCCC1N)C1CCCC1. The molecule has 0 saturated heterocycles. The maximum atomic E-state index is 12.8. The van der Waals surface area contributed by atoms with Crippen LogP contribution in [0.5, 0.6) is 0 Å². The predicted molar refractivity (Wildman–Crippen MR) is 78.7 cm³/mol. The third kappa shape index (κ3) is 3.59. The molecule has 0 aromatic carbocycles. The molecule has 2 aliphatic rings. The van der Waals surface area contributed by atoms with E-state index in [0.717, 1.165) is 32.1 Å². The molecular weight excluding hydrogens is 236 g/mol. The Balaban J connectivity index is 2.05. The van der Waals surface area contributed by atoms with Crippen molar-refractivity contribution >= 4 is 5.91 Å². The molecule has 2 fully saturated rings. The lowest BCUT2D eigenvalue weighted by atomic mass is 9.93. The zero-order valence-corrected chi connectivity index (χ0v) is 12.0. The summed E-state index contributed by atoms with van der Waals surface area (Å²) in [6.07, 6.45) is 12.2. The van der Waals surface area contributed by atoms with Crippen molar-refractivity contribution in [3.05, 3.63) is 12.7 Å². The number of nitrogens with two attached hydrogens (primary N) is 1. The van der Waals surface area contributed by atoms with E-state index >= 15 is 0 Å². The van der Waals surface area contributed by atoms with E-state index in [1.807, 2.05) is 6.08 Å². The predicted octanol–water partition coefficient (Wildman–Crippen LogP) is 2.85. The van der Waals surface area contributed by atoms with E-state index in [0.29, 0.717) is 18.5 Å². The van der Waals surface area contributed by atoms with Crippen LogP contribution >= 0.6 is 0 Å². The zero-order valence-electron chi connectivity index (χ0n) is 12.0. The quantitative estimate of drug-likeness (QED) is 0.627. The summed E-state index contributed by atoms with van der Waals surface area (Å²) in [6.45, 7) is 4.50. The lowest BCUT2D eigenvalue weighted by molar-refractivity contribution is -0.138. The highest BCUT2D eigenvalue weighted by atomic mass is 16.2. The van der Waals surface area contributed by atoms with Crippen LogP contribution in [0.25, 0.3) is 0 Å². The fraction of sp³-hybridized carbons (Fsp3) is 0.812. The molecule has 2 atom stereocenters. The Morgan fingerprint density at radius 3 is 2.42 bits per heavy atom. The molecule has 2 unspecified atom stereocenters. The molecule has 108 valence electrons. The Labute approximate surface area is 117 Å². The largest absolute Gasteiger partial charge is 0.336 e. The van der Waals surface area contributed by atoms with Gasteiger partial charge in [0.2, 0.25) is 5.91 Å². The molecule has 0 spiro atoms. The molecule has 0 bridgehead atoms. The van der Waals surface area contributed by atoms with Gasteiger partial charge in [0, 0.05) is 18.6 Å². The van der Waals surface area contributed by atoms with Gasteiger partial charge in [-0.25, -0.2) is 0 Å². The van der Waals surface area contributed by atoms with Crippen molar-refractivity contribution in [1.29, 1.82) is 0 Å². The van der Waals surface area contributed by atoms with Gasteiger partial charge in [-0.15, -0.1) is 6.58 Å². The molecule has 2 saturated carbocycles. The number of carbonyl (C=O) groups is 1. The monoisotopic (exact) mass is 264 g/mol. The lowest BCUT2D eigenvalue weighted by Gasteiger charge is -2.33. The van der Waals surface area contributed by atoms with Crippen LogP contribution in [0, 0.1) is 5.92 Å². The van der Waals surface area contributed by atoms with Crippen LogP contribution in [0.1, 0.15) is 57.8 Å². The zero-order chi connectivity index (χ0) is 13.7. The average Bonchev–Trinajstić information content (AvgIpc) is 2.84. The minimum atomic E-state index is 0.0445. The second-order valence-electron chi connectivity index (χ2n) is 6.13. The van der Waals surface area contributed by atoms with Crippen molar-refractivity contribution < 1.29 is 4.79 Å². The van der Waals surface area contributed by atoms with Gasteiger partial charge in [-0.2, -0.15) is 0 Å². The van der Waals surface area contributed by atoms with Crippen molar-refractivity contribution in [3.63, 3.8) is 0 Å². The standard InChI is InChI=1S/C16H28N2O/c1-2-12-18(13-8-6-7-9-13)16(19)14-10-4-3-5-11-15(14)17/h2,13-15H,1,3-12,17H2. The molecule has 19 heavy (non-hydrogen) atoms. The first-order valence-corrected chi connectivity index (χ1v) is 7.91. The molecule has 0 aromatic rings. The maximum Gasteiger partial charge on any atom is 0.227 e. The van der Waals surface area contributed by atoms with Gasteiger partial charge in [0.15, 0.2) is 0 Å². The number of amides is 1. The molecule has 2 N–H and O–H groups in total. The minimum absolute atomic E-state index is 0.0445. The van der Waals surface area contributed by atoms with E-state index in [1.54, 1.807) is 0 Å². The van der Waals surface area contributed by atoms with E-state index < -0.39 is 0 Å². The highest BCUT2D eigenvalue weighted by Crippen LogP contribution is 2.29. The molecule has 0 aliphatic heterocycles. The van der Waals surface area contributed by atoms with Crippen LogP contribution in [0.3, 0.4) is 0 Å². The second-order valence-corrected chi connectivity index (χ2v) is 6.13. The summed E-state index contributed by atoms with van der Waals surface area (Å²) >= 11 is 0. The Morgan fingerprint density at radius 1 is 1.11 bits per heavy atom. The van der Waals surface area contributed by atoms with Crippen LogP contribution in [0.15, 0.2) is 12.7 Å². The third-order valence-electron chi connectivity index (χ3n) is 4.76. The van der Waals surface area contributed by atoms with Crippen LogP contribution in [0.4, 0.5) is 0 Å². The van der Waals surface area contributed by atoms with Crippen LogP contribution in [-0.2, 0) is 4.79 Å².